The number of nitro groups is 1. The molecule has 7 heteroatoms. The Morgan fingerprint density at radius 2 is 2.04 bits per heavy atom. The summed E-state index contributed by atoms with van der Waals surface area (Å²) in [5.41, 5.74) is 1.43. The summed E-state index contributed by atoms with van der Waals surface area (Å²) in [5, 5.41) is 14.0. The summed E-state index contributed by atoms with van der Waals surface area (Å²) in [4.78, 5) is 23.1. The van der Waals surface area contributed by atoms with Gasteiger partial charge in [0.25, 0.3) is 11.6 Å². The van der Waals surface area contributed by atoms with Crippen LogP contribution >= 0.6 is 11.6 Å². The zero-order valence-electron chi connectivity index (χ0n) is 14.7. The Balaban J connectivity index is 1.90. The smallest absolute Gasteiger partial charge is 0.288 e. The van der Waals surface area contributed by atoms with Crippen LogP contribution < -0.4 is 10.1 Å². The molecule has 2 aromatic rings. The average Bonchev–Trinajstić information content (AvgIpc) is 2.53. The van der Waals surface area contributed by atoms with E-state index < -0.39 is 10.5 Å². The molecule has 0 spiro atoms. The van der Waals surface area contributed by atoms with Crippen LogP contribution in [0.5, 0.6) is 5.75 Å². The Morgan fingerprint density at radius 1 is 1.31 bits per heavy atom. The molecule has 136 valence electrons. The number of hydrogen-bond donors (Lipinski definition) is 1. The summed E-state index contributed by atoms with van der Waals surface area (Å²) < 4.78 is 6.03. The number of carbonyl (C=O) groups excluding carboxylic acids is 1. The first-order valence-electron chi connectivity index (χ1n) is 8.21. The SMILES string of the molecule is Cc1ccc2c(c1)OC(C)(C)C[C@H]2NC(=O)c1ccc(Cl)c([N+](=O)[O-])c1. The Kier molecular flexibility index (Phi) is 4.63. The van der Waals surface area contributed by atoms with Gasteiger partial charge >= 0.3 is 0 Å². The molecule has 1 aliphatic rings. The monoisotopic (exact) mass is 374 g/mol. The molecule has 1 aliphatic heterocycles. The highest BCUT2D eigenvalue weighted by Crippen LogP contribution is 2.40. The lowest BCUT2D eigenvalue weighted by Gasteiger charge is -2.38. The molecule has 3 rings (SSSR count). The molecular formula is C19H19ClN2O4. The van der Waals surface area contributed by atoms with Gasteiger partial charge in [0.15, 0.2) is 0 Å². The van der Waals surface area contributed by atoms with Gasteiger partial charge in [-0.2, -0.15) is 0 Å². The Morgan fingerprint density at radius 3 is 2.73 bits per heavy atom. The molecule has 0 unspecified atom stereocenters. The number of nitrogens with zero attached hydrogens (tertiary/aromatic N) is 1. The molecule has 1 atom stereocenters. The summed E-state index contributed by atoms with van der Waals surface area (Å²) >= 11 is 5.82. The minimum Gasteiger partial charge on any atom is -0.487 e. The third-order valence-corrected chi connectivity index (χ3v) is 4.66. The van der Waals surface area contributed by atoms with Crippen LogP contribution in [-0.4, -0.2) is 16.4 Å². The minimum absolute atomic E-state index is 0.000398. The summed E-state index contributed by atoms with van der Waals surface area (Å²) in [6, 6.07) is 9.63. The van der Waals surface area contributed by atoms with Crippen LogP contribution in [0.25, 0.3) is 0 Å². The lowest BCUT2D eigenvalue weighted by atomic mass is 9.89. The maximum Gasteiger partial charge on any atom is 0.288 e. The number of nitrogens with one attached hydrogen (secondary N) is 1. The van der Waals surface area contributed by atoms with Crippen LogP contribution in [-0.2, 0) is 0 Å². The molecule has 1 amide bonds. The Labute approximate surface area is 156 Å². The highest BCUT2D eigenvalue weighted by Gasteiger charge is 2.34. The van der Waals surface area contributed by atoms with E-state index in [1.165, 1.54) is 18.2 Å². The first-order valence-corrected chi connectivity index (χ1v) is 8.58. The van der Waals surface area contributed by atoms with Crippen LogP contribution in [0.4, 0.5) is 5.69 Å². The van der Waals surface area contributed by atoms with Gasteiger partial charge in [0, 0.05) is 23.6 Å². The lowest BCUT2D eigenvalue weighted by Crippen LogP contribution is -2.41. The number of fused-ring (bicyclic) bond motifs is 1. The van der Waals surface area contributed by atoms with E-state index in [4.69, 9.17) is 16.3 Å². The largest absolute Gasteiger partial charge is 0.487 e. The van der Waals surface area contributed by atoms with E-state index in [1.807, 2.05) is 39.0 Å². The number of aryl methyl sites for hydroxylation is 1. The number of nitro benzene ring substituents is 1. The van der Waals surface area contributed by atoms with Crippen molar-refractivity contribution in [2.24, 2.45) is 0 Å². The second kappa shape index (κ2) is 6.61. The van der Waals surface area contributed by atoms with Crippen LogP contribution in [0.15, 0.2) is 36.4 Å². The van der Waals surface area contributed by atoms with Gasteiger partial charge in [-0.05, 0) is 44.5 Å². The predicted octanol–water partition coefficient (Wildman–Crippen LogP) is 4.59. The maximum atomic E-state index is 12.7. The number of carbonyl (C=O) groups is 1. The average molecular weight is 375 g/mol. The standard InChI is InChI=1S/C19H19ClN2O4/c1-11-4-6-13-15(10-19(2,3)26-17(13)8-11)21-18(23)12-5-7-14(20)16(9-12)22(24)25/h4-9,15H,10H2,1-3H3,(H,21,23)/t15-/m1/s1. The van der Waals surface area contributed by atoms with E-state index in [2.05, 4.69) is 5.32 Å². The third-order valence-electron chi connectivity index (χ3n) is 4.34. The van der Waals surface area contributed by atoms with Crippen molar-refractivity contribution >= 4 is 23.2 Å². The van der Waals surface area contributed by atoms with E-state index >= 15 is 0 Å². The van der Waals surface area contributed by atoms with Crippen molar-refractivity contribution < 1.29 is 14.5 Å². The topological polar surface area (TPSA) is 81.5 Å². The number of amides is 1. The van der Waals surface area contributed by atoms with E-state index in [-0.39, 0.29) is 28.2 Å². The second-order valence-electron chi connectivity index (χ2n) is 7.06. The van der Waals surface area contributed by atoms with E-state index in [1.54, 1.807) is 0 Å². The maximum absolute atomic E-state index is 12.7. The number of hydrogen-bond acceptors (Lipinski definition) is 4. The molecule has 0 saturated carbocycles. The normalized spacial score (nSPS) is 17.8. The van der Waals surface area contributed by atoms with Gasteiger partial charge in [0.05, 0.1) is 11.0 Å². The lowest BCUT2D eigenvalue weighted by molar-refractivity contribution is -0.384. The molecule has 0 bridgehead atoms. The van der Waals surface area contributed by atoms with Crippen molar-refractivity contribution in [1.29, 1.82) is 0 Å². The van der Waals surface area contributed by atoms with Crippen LogP contribution in [0, 0.1) is 17.0 Å². The Hall–Kier alpha value is -2.60. The molecule has 1 heterocycles. The molecule has 0 radical (unpaired) electrons. The van der Waals surface area contributed by atoms with E-state index in [0.717, 1.165) is 16.9 Å². The van der Waals surface area contributed by atoms with Gasteiger partial charge in [0.1, 0.15) is 16.4 Å². The predicted molar refractivity (Wildman–Crippen MR) is 98.8 cm³/mol. The highest BCUT2D eigenvalue weighted by atomic mass is 35.5. The number of rotatable bonds is 3. The number of halogens is 1. The van der Waals surface area contributed by atoms with Gasteiger partial charge in [-0.3, -0.25) is 14.9 Å². The molecule has 6 nitrogen and oxygen atoms in total. The Bertz CT molecular complexity index is 895. The fourth-order valence-electron chi connectivity index (χ4n) is 3.12. The van der Waals surface area contributed by atoms with Crippen molar-refractivity contribution in [3.63, 3.8) is 0 Å². The highest BCUT2D eigenvalue weighted by molar-refractivity contribution is 6.32. The molecular weight excluding hydrogens is 356 g/mol. The number of benzene rings is 2. The first-order chi connectivity index (χ1) is 12.2. The van der Waals surface area contributed by atoms with Crippen molar-refractivity contribution in [2.75, 3.05) is 0 Å². The van der Waals surface area contributed by atoms with Crippen molar-refractivity contribution in [3.05, 3.63) is 68.2 Å². The van der Waals surface area contributed by atoms with Crippen LogP contribution in [0.2, 0.25) is 5.02 Å². The molecule has 26 heavy (non-hydrogen) atoms. The molecule has 0 fully saturated rings. The molecule has 0 saturated heterocycles. The second-order valence-corrected chi connectivity index (χ2v) is 7.46. The van der Waals surface area contributed by atoms with Crippen molar-refractivity contribution in [3.8, 4) is 5.75 Å². The van der Waals surface area contributed by atoms with Gasteiger partial charge in [0.2, 0.25) is 0 Å². The summed E-state index contributed by atoms with van der Waals surface area (Å²) in [6.45, 7) is 5.90. The van der Waals surface area contributed by atoms with Crippen molar-refractivity contribution in [1.82, 2.24) is 5.32 Å². The molecule has 0 aromatic heterocycles. The third kappa shape index (κ3) is 3.65. The van der Waals surface area contributed by atoms with Crippen LogP contribution in [0.1, 0.15) is 47.8 Å². The van der Waals surface area contributed by atoms with E-state index in [0.29, 0.717) is 6.42 Å². The van der Waals surface area contributed by atoms with Gasteiger partial charge in [-0.1, -0.05) is 23.7 Å². The molecule has 2 aromatic carbocycles. The summed E-state index contributed by atoms with van der Waals surface area (Å²) in [7, 11) is 0. The zero-order chi connectivity index (χ0) is 19.1. The quantitative estimate of drug-likeness (QED) is 0.629. The summed E-state index contributed by atoms with van der Waals surface area (Å²) in [6.07, 6.45) is 0.588. The van der Waals surface area contributed by atoms with E-state index in [9.17, 15) is 14.9 Å². The molecule has 1 N–H and O–H groups in total. The number of ether oxygens (including phenoxy) is 1. The van der Waals surface area contributed by atoms with Crippen LogP contribution in [0.3, 0.4) is 0 Å². The van der Waals surface area contributed by atoms with Gasteiger partial charge in [-0.25, -0.2) is 0 Å². The molecule has 0 aliphatic carbocycles. The van der Waals surface area contributed by atoms with Gasteiger partial charge in [-0.15, -0.1) is 0 Å². The first kappa shape index (κ1) is 18.2. The fraction of sp³-hybridized carbons (Fsp3) is 0.316. The van der Waals surface area contributed by atoms with Crippen molar-refractivity contribution in [2.45, 2.75) is 38.8 Å². The summed E-state index contributed by atoms with van der Waals surface area (Å²) in [5.74, 6) is 0.354. The van der Waals surface area contributed by atoms with Gasteiger partial charge < -0.3 is 10.1 Å². The minimum atomic E-state index is -0.602. The fourth-order valence-corrected chi connectivity index (χ4v) is 3.31. The zero-order valence-corrected chi connectivity index (χ0v) is 15.5.